The lowest BCUT2D eigenvalue weighted by atomic mass is 10.1. The van der Waals surface area contributed by atoms with Gasteiger partial charge in [-0.3, -0.25) is 5.32 Å². The van der Waals surface area contributed by atoms with Crippen LogP contribution in [0.15, 0.2) is 53.4 Å². The van der Waals surface area contributed by atoms with Gasteiger partial charge in [-0.1, -0.05) is 30.3 Å². The van der Waals surface area contributed by atoms with E-state index in [1.165, 1.54) is 16.1 Å². The maximum absolute atomic E-state index is 13.7. The van der Waals surface area contributed by atoms with Crippen LogP contribution in [-0.2, 0) is 16.4 Å². The van der Waals surface area contributed by atoms with Crippen molar-refractivity contribution in [3.8, 4) is 5.75 Å². The Morgan fingerprint density at radius 3 is 2.68 bits per heavy atom. The van der Waals surface area contributed by atoms with Gasteiger partial charge >= 0.3 is 10.0 Å². The number of rotatable bonds is 6. The van der Waals surface area contributed by atoms with E-state index in [0.29, 0.717) is 25.3 Å². The summed E-state index contributed by atoms with van der Waals surface area (Å²) in [5.41, 5.74) is 1.02. The summed E-state index contributed by atoms with van der Waals surface area (Å²) < 4.78 is 46.2. The second kappa shape index (κ2) is 7.23. The molecule has 1 N–H and O–H groups in total. The third-order valence-corrected chi connectivity index (χ3v) is 5.78. The molecule has 0 bridgehead atoms. The normalized spacial score (nSPS) is 14.5. The van der Waals surface area contributed by atoms with E-state index in [-0.39, 0.29) is 17.3 Å². The minimum Gasteiger partial charge on any atom is -0.491 e. The van der Waals surface area contributed by atoms with Crippen molar-refractivity contribution in [1.29, 1.82) is 0 Å². The number of nitrogens with one attached hydrogen (secondary N) is 1. The second-order valence-electron chi connectivity index (χ2n) is 5.64. The molecule has 25 heavy (non-hydrogen) atoms. The predicted octanol–water partition coefficient (Wildman–Crippen LogP) is 2.17. The van der Waals surface area contributed by atoms with Gasteiger partial charge in [0.1, 0.15) is 18.0 Å². The molecule has 5 nitrogen and oxygen atoms in total. The lowest BCUT2D eigenvalue weighted by molar-refractivity contribution is -0.354. The van der Waals surface area contributed by atoms with Gasteiger partial charge in [0.2, 0.25) is 0 Å². The molecule has 0 radical (unpaired) electrons. The highest BCUT2D eigenvalue weighted by Crippen LogP contribution is 2.23. The van der Waals surface area contributed by atoms with E-state index in [4.69, 9.17) is 4.74 Å². The van der Waals surface area contributed by atoms with Crippen molar-refractivity contribution >= 4 is 15.9 Å². The molecule has 132 valence electrons. The van der Waals surface area contributed by atoms with E-state index in [2.05, 4.69) is 5.32 Å². The Kier molecular flexibility index (Phi) is 5.03. The van der Waals surface area contributed by atoms with E-state index >= 15 is 0 Å². The van der Waals surface area contributed by atoms with Crippen LogP contribution in [-0.4, -0.2) is 37.9 Å². The molecule has 0 atom stereocenters. The largest absolute Gasteiger partial charge is 0.491 e. The Bertz CT molecular complexity index is 896. The number of halogens is 1. The predicted molar refractivity (Wildman–Crippen MR) is 93.0 cm³/mol. The fraction of sp³-hybridized carbons (Fsp3) is 0.278. The van der Waals surface area contributed by atoms with Gasteiger partial charge in [0, 0.05) is 6.07 Å². The van der Waals surface area contributed by atoms with Crippen molar-refractivity contribution < 1.29 is 21.5 Å². The van der Waals surface area contributed by atoms with E-state index in [1.54, 1.807) is 6.92 Å². The molecule has 0 unspecified atom stereocenters. The maximum Gasteiger partial charge on any atom is 0.331 e. The Morgan fingerprint density at radius 1 is 1.20 bits per heavy atom. The summed E-state index contributed by atoms with van der Waals surface area (Å²) in [5, 5.41) is 3.14. The van der Waals surface area contributed by atoms with Crippen LogP contribution in [0.1, 0.15) is 12.5 Å². The summed E-state index contributed by atoms with van der Waals surface area (Å²) in [4.78, 5) is 0.0200. The first kappa shape index (κ1) is 17.4. The number of hydrogen-bond acceptors (Lipinski definition) is 4. The molecular formula is C18H20FN2O3S+. The van der Waals surface area contributed by atoms with Gasteiger partial charge in [0.15, 0.2) is 11.6 Å². The quantitative estimate of drug-likeness (QED) is 0.799. The number of amidine groups is 1. The molecule has 0 spiro atoms. The first-order chi connectivity index (χ1) is 12.0. The molecule has 1 aliphatic rings. The highest BCUT2D eigenvalue weighted by molar-refractivity contribution is 7.85. The van der Waals surface area contributed by atoms with Crippen LogP contribution in [0.3, 0.4) is 0 Å². The van der Waals surface area contributed by atoms with Gasteiger partial charge in [-0.2, -0.15) is 8.42 Å². The van der Waals surface area contributed by atoms with Gasteiger partial charge in [0.25, 0.3) is 5.84 Å². The standard InChI is InChI=1S/C18H19FN2O3S/c1-2-24-17-13-15(8-9-16(17)19)25(22,23)21-11-10-20-18(21)12-14-6-4-3-5-7-14/h3-9,13H,2,10-12H2,1H3/p+1. The van der Waals surface area contributed by atoms with Crippen LogP contribution in [0.25, 0.3) is 0 Å². The Labute approximate surface area is 146 Å². The Hall–Kier alpha value is -2.41. The molecule has 1 heterocycles. The topological polar surface area (TPSA) is 58.4 Å². The molecular weight excluding hydrogens is 343 g/mol. The first-order valence-electron chi connectivity index (χ1n) is 8.11. The number of nitrogens with zero attached hydrogens (tertiary/aromatic N) is 1. The fourth-order valence-electron chi connectivity index (χ4n) is 2.77. The molecule has 0 saturated heterocycles. The first-order valence-corrected chi connectivity index (χ1v) is 9.55. The van der Waals surface area contributed by atoms with Crippen molar-refractivity contribution in [2.24, 2.45) is 0 Å². The van der Waals surface area contributed by atoms with Crippen molar-refractivity contribution in [1.82, 2.24) is 5.32 Å². The summed E-state index contributed by atoms with van der Waals surface area (Å²) in [6.07, 6.45) is 0.486. The van der Waals surface area contributed by atoms with Crippen molar-refractivity contribution in [3.63, 3.8) is 0 Å². The SMILES string of the molecule is CCOc1cc(S(=O)(=O)[N+]2=C(Cc3ccccc3)NCC2)ccc1F. The van der Waals surface area contributed by atoms with Gasteiger partial charge in [-0.25, -0.2) is 4.39 Å². The zero-order valence-electron chi connectivity index (χ0n) is 13.9. The average molecular weight is 363 g/mol. The number of hydrogen-bond donors (Lipinski definition) is 1. The minimum atomic E-state index is -3.78. The third-order valence-electron chi connectivity index (χ3n) is 3.95. The van der Waals surface area contributed by atoms with Crippen molar-refractivity contribution in [2.75, 3.05) is 19.7 Å². The number of benzene rings is 2. The number of ether oxygens (including phenoxy) is 1. The van der Waals surface area contributed by atoms with E-state index < -0.39 is 15.8 Å². The highest BCUT2D eigenvalue weighted by atomic mass is 32.2. The summed E-state index contributed by atoms with van der Waals surface area (Å²) >= 11 is 0. The summed E-state index contributed by atoms with van der Waals surface area (Å²) in [5.74, 6) is -0.0114. The Morgan fingerprint density at radius 2 is 1.96 bits per heavy atom. The molecule has 2 aromatic carbocycles. The molecule has 7 heteroatoms. The van der Waals surface area contributed by atoms with Crippen molar-refractivity contribution in [2.45, 2.75) is 18.2 Å². The lowest BCUT2D eigenvalue weighted by Gasteiger charge is -2.09. The van der Waals surface area contributed by atoms with E-state index in [9.17, 15) is 12.8 Å². The highest BCUT2D eigenvalue weighted by Gasteiger charge is 2.33. The second-order valence-corrected chi connectivity index (χ2v) is 7.50. The van der Waals surface area contributed by atoms with Crippen LogP contribution in [0.2, 0.25) is 0 Å². The van der Waals surface area contributed by atoms with Gasteiger partial charge < -0.3 is 4.74 Å². The molecule has 0 amide bonds. The molecule has 0 saturated carbocycles. The van der Waals surface area contributed by atoms with Crippen LogP contribution < -0.4 is 10.1 Å². The summed E-state index contributed by atoms with van der Waals surface area (Å²) in [6.45, 7) is 2.86. The van der Waals surface area contributed by atoms with Crippen LogP contribution in [0.4, 0.5) is 4.39 Å². The van der Waals surface area contributed by atoms with Crippen molar-refractivity contribution in [3.05, 3.63) is 59.9 Å². The fourth-order valence-corrected chi connectivity index (χ4v) is 4.27. The molecule has 1 aliphatic heterocycles. The average Bonchev–Trinajstić information content (AvgIpc) is 3.07. The van der Waals surface area contributed by atoms with Crippen LogP contribution in [0, 0.1) is 5.82 Å². The molecule has 0 fully saturated rings. The third kappa shape index (κ3) is 3.66. The van der Waals surface area contributed by atoms with Gasteiger partial charge in [-0.15, -0.1) is 3.98 Å². The van der Waals surface area contributed by atoms with E-state index in [0.717, 1.165) is 11.6 Å². The van der Waals surface area contributed by atoms with Gasteiger partial charge in [0.05, 0.1) is 13.0 Å². The summed E-state index contributed by atoms with van der Waals surface area (Å²) in [7, 11) is -3.78. The Balaban J connectivity index is 1.98. The maximum atomic E-state index is 13.7. The zero-order valence-corrected chi connectivity index (χ0v) is 14.7. The molecule has 0 aromatic heterocycles. The van der Waals surface area contributed by atoms with Gasteiger partial charge in [-0.05, 0) is 24.6 Å². The molecule has 0 aliphatic carbocycles. The summed E-state index contributed by atoms with van der Waals surface area (Å²) in [6, 6.07) is 13.3. The minimum absolute atomic E-state index is 0.0200. The zero-order chi connectivity index (χ0) is 17.9. The van der Waals surface area contributed by atoms with Crippen LogP contribution >= 0.6 is 0 Å². The molecule has 3 rings (SSSR count). The number of sulfonamides is 1. The lowest BCUT2D eigenvalue weighted by Crippen LogP contribution is -2.29. The van der Waals surface area contributed by atoms with Crippen LogP contribution in [0.5, 0.6) is 5.75 Å². The van der Waals surface area contributed by atoms with E-state index in [1.807, 2.05) is 30.3 Å². The monoisotopic (exact) mass is 363 g/mol. The smallest absolute Gasteiger partial charge is 0.331 e. The molecule has 2 aromatic rings.